The normalized spacial score (nSPS) is 15.0. The van der Waals surface area contributed by atoms with Gasteiger partial charge in [-0.25, -0.2) is 0 Å². The van der Waals surface area contributed by atoms with Crippen LogP contribution in [0.15, 0.2) is 60.7 Å². The van der Waals surface area contributed by atoms with Gasteiger partial charge in [-0.05, 0) is 6.07 Å². The quantitative estimate of drug-likeness (QED) is 0.562. The molecule has 0 amide bonds. The highest BCUT2D eigenvalue weighted by molar-refractivity contribution is 6.15. The number of nitrogens with zero attached hydrogens (tertiary/aromatic N) is 1. The molecule has 4 aromatic rings. The fourth-order valence-electron chi connectivity index (χ4n) is 3.93. The van der Waals surface area contributed by atoms with E-state index in [0.29, 0.717) is 5.75 Å². The van der Waals surface area contributed by atoms with Crippen LogP contribution in [0.4, 0.5) is 5.69 Å². The Labute approximate surface area is 151 Å². The maximum atomic E-state index is 10.6. The van der Waals surface area contributed by atoms with Crippen LogP contribution in [0.25, 0.3) is 32.9 Å². The van der Waals surface area contributed by atoms with Crippen molar-refractivity contribution < 1.29 is 9.84 Å². The number of ether oxygens (including phenoxy) is 1. The van der Waals surface area contributed by atoms with E-state index >= 15 is 0 Å². The number of rotatable bonds is 2. The number of phenolic OH excluding ortho intramolecular Hbond substituents is 1. The van der Waals surface area contributed by atoms with Crippen LogP contribution in [-0.4, -0.2) is 36.4 Å². The van der Waals surface area contributed by atoms with Gasteiger partial charge in [0.1, 0.15) is 5.75 Å². The monoisotopic (exact) mass is 344 g/mol. The smallest absolute Gasteiger partial charge is 0.124 e. The number of hydrogen-bond donors (Lipinski definition) is 2. The molecule has 1 aliphatic heterocycles. The molecule has 0 radical (unpaired) electrons. The second-order valence-corrected chi connectivity index (χ2v) is 6.68. The molecule has 0 saturated carbocycles. The summed E-state index contributed by atoms with van der Waals surface area (Å²) in [6.07, 6.45) is 0. The average molecular weight is 344 g/mol. The van der Waals surface area contributed by atoms with Gasteiger partial charge >= 0.3 is 0 Å². The van der Waals surface area contributed by atoms with E-state index in [1.54, 1.807) is 0 Å². The van der Waals surface area contributed by atoms with Gasteiger partial charge in [-0.3, -0.25) is 0 Å². The highest BCUT2D eigenvalue weighted by Crippen LogP contribution is 2.43. The van der Waals surface area contributed by atoms with Crippen molar-refractivity contribution in [1.82, 2.24) is 4.98 Å². The number of fused-ring (bicyclic) bond motifs is 3. The van der Waals surface area contributed by atoms with Crippen molar-refractivity contribution in [2.75, 3.05) is 31.2 Å². The average Bonchev–Trinajstić information content (AvgIpc) is 3.09. The summed E-state index contributed by atoms with van der Waals surface area (Å²) in [7, 11) is 0. The molecular formula is C22H20N2O2. The molecule has 4 heteroatoms. The summed E-state index contributed by atoms with van der Waals surface area (Å²) in [5, 5.41) is 13.6. The number of benzene rings is 3. The van der Waals surface area contributed by atoms with Crippen molar-refractivity contribution in [2.24, 2.45) is 0 Å². The first-order valence-corrected chi connectivity index (χ1v) is 8.97. The van der Waals surface area contributed by atoms with Gasteiger partial charge in [-0.1, -0.05) is 54.6 Å². The molecule has 130 valence electrons. The van der Waals surface area contributed by atoms with E-state index in [4.69, 9.17) is 4.74 Å². The Bertz CT molecular complexity index is 1080. The molecule has 1 saturated heterocycles. The Balaban J connectivity index is 1.86. The van der Waals surface area contributed by atoms with E-state index in [1.807, 2.05) is 30.3 Å². The zero-order valence-electron chi connectivity index (χ0n) is 14.4. The van der Waals surface area contributed by atoms with Gasteiger partial charge in [0.15, 0.2) is 0 Å². The van der Waals surface area contributed by atoms with E-state index in [0.717, 1.165) is 64.9 Å². The standard InChI is InChI=1S/C22H20N2O2/c25-19-14-18-21(17-9-5-4-8-16(17)19)23-20(15-6-2-1-3-7-15)22(18)24-10-12-26-13-11-24/h1-9,14,23,25H,10-13H2. The molecule has 1 aromatic heterocycles. The third-order valence-electron chi connectivity index (χ3n) is 5.15. The second kappa shape index (κ2) is 6.07. The first kappa shape index (κ1) is 15.3. The second-order valence-electron chi connectivity index (χ2n) is 6.68. The predicted molar refractivity (Wildman–Crippen MR) is 106 cm³/mol. The van der Waals surface area contributed by atoms with Crippen LogP contribution in [0.2, 0.25) is 0 Å². The lowest BCUT2D eigenvalue weighted by Gasteiger charge is -2.29. The lowest BCUT2D eigenvalue weighted by Crippen LogP contribution is -2.36. The summed E-state index contributed by atoms with van der Waals surface area (Å²) in [5.41, 5.74) is 4.46. The van der Waals surface area contributed by atoms with E-state index in [1.165, 1.54) is 0 Å². The first-order chi connectivity index (χ1) is 12.8. The molecule has 3 aromatic carbocycles. The van der Waals surface area contributed by atoms with E-state index in [-0.39, 0.29) is 0 Å². The third-order valence-corrected chi connectivity index (χ3v) is 5.15. The lowest BCUT2D eigenvalue weighted by atomic mass is 10.0. The van der Waals surface area contributed by atoms with E-state index in [9.17, 15) is 5.11 Å². The molecule has 26 heavy (non-hydrogen) atoms. The maximum absolute atomic E-state index is 10.6. The van der Waals surface area contributed by atoms with Crippen molar-refractivity contribution >= 4 is 27.4 Å². The van der Waals surface area contributed by atoms with Gasteiger partial charge < -0.3 is 19.7 Å². The number of morpholine rings is 1. The Hall–Kier alpha value is -2.98. The molecule has 5 rings (SSSR count). The minimum Gasteiger partial charge on any atom is -0.507 e. The highest BCUT2D eigenvalue weighted by Gasteiger charge is 2.22. The summed E-state index contributed by atoms with van der Waals surface area (Å²) >= 11 is 0. The van der Waals surface area contributed by atoms with Crippen LogP contribution in [0.5, 0.6) is 5.75 Å². The number of anilines is 1. The highest BCUT2D eigenvalue weighted by atomic mass is 16.5. The van der Waals surface area contributed by atoms with Crippen LogP contribution in [0.1, 0.15) is 0 Å². The summed E-state index contributed by atoms with van der Waals surface area (Å²) in [4.78, 5) is 6.01. The Kier molecular flexibility index (Phi) is 3.57. The molecule has 0 aliphatic carbocycles. The summed E-state index contributed by atoms with van der Waals surface area (Å²) < 4.78 is 5.55. The van der Waals surface area contributed by atoms with Gasteiger partial charge in [0, 0.05) is 34.8 Å². The number of aromatic nitrogens is 1. The van der Waals surface area contributed by atoms with Crippen molar-refractivity contribution in [3.63, 3.8) is 0 Å². The fraction of sp³-hybridized carbons (Fsp3) is 0.182. The Morgan fingerprint density at radius 2 is 1.54 bits per heavy atom. The fourth-order valence-corrected chi connectivity index (χ4v) is 3.93. The molecule has 1 fully saturated rings. The van der Waals surface area contributed by atoms with Gasteiger partial charge in [0.05, 0.1) is 30.1 Å². The molecule has 4 nitrogen and oxygen atoms in total. The Morgan fingerprint density at radius 1 is 0.846 bits per heavy atom. The third kappa shape index (κ3) is 2.34. The minimum atomic E-state index is 0.321. The van der Waals surface area contributed by atoms with E-state index < -0.39 is 0 Å². The molecule has 0 spiro atoms. The topological polar surface area (TPSA) is 48.5 Å². The van der Waals surface area contributed by atoms with Gasteiger partial charge in [0.2, 0.25) is 0 Å². The number of aromatic amines is 1. The first-order valence-electron chi connectivity index (χ1n) is 8.97. The Morgan fingerprint density at radius 3 is 2.31 bits per heavy atom. The largest absolute Gasteiger partial charge is 0.507 e. The maximum Gasteiger partial charge on any atom is 0.124 e. The summed E-state index contributed by atoms with van der Waals surface area (Å²) in [5.74, 6) is 0.321. The van der Waals surface area contributed by atoms with Crippen LogP contribution < -0.4 is 4.90 Å². The molecule has 2 heterocycles. The molecule has 0 unspecified atom stereocenters. The molecule has 1 aliphatic rings. The van der Waals surface area contributed by atoms with Crippen molar-refractivity contribution in [3.05, 3.63) is 60.7 Å². The van der Waals surface area contributed by atoms with Gasteiger partial charge in [-0.2, -0.15) is 0 Å². The van der Waals surface area contributed by atoms with E-state index in [2.05, 4.69) is 40.2 Å². The number of aromatic hydroxyl groups is 1. The zero-order chi connectivity index (χ0) is 17.5. The van der Waals surface area contributed by atoms with Crippen molar-refractivity contribution in [1.29, 1.82) is 0 Å². The SMILES string of the molecule is Oc1cc2c(N3CCOCC3)c(-c3ccccc3)[nH]c2c2ccccc12. The summed E-state index contributed by atoms with van der Waals surface area (Å²) in [6, 6.07) is 20.3. The molecule has 0 atom stereocenters. The number of hydrogen-bond acceptors (Lipinski definition) is 3. The molecule has 0 bridgehead atoms. The van der Waals surface area contributed by atoms with Crippen LogP contribution in [0, 0.1) is 0 Å². The number of phenols is 1. The van der Waals surface area contributed by atoms with Crippen LogP contribution in [0.3, 0.4) is 0 Å². The number of nitrogens with one attached hydrogen (secondary N) is 1. The zero-order valence-corrected chi connectivity index (χ0v) is 14.4. The van der Waals surface area contributed by atoms with Crippen molar-refractivity contribution in [3.8, 4) is 17.0 Å². The van der Waals surface area contributed by atoms with Crippen molar-refractivity contribution in [2.45, 2.75) is 0 Å². The van der Waals surface area contributed by atoms with Crippen LogP contribution >= 0.6 is 0 Å². The lowest BCUT2D eigenvalue weighted by molar-refractivity contribution is 0.123. The summed E-state index contributed by atoms with van der Waals surface area (Å²) in [6.45, 7) is 3.14. The molecule has 2 N–H and O–H groups in total. The predicted octanol–water partition coefficient (Wildman–Crippen LogP) is 4.53. The van der Waals surface area contributed by atoms with Gasteiger partial charge in [0.25, 0.3) is 0 Å². The number of H-pyrrole nitrogens is 1. The van der Waals surface area contributed by atoms with Gasteiger partial charge in [-0.15, -0.1) is 0 Å². The van der Waals surface area contributed by atoms with Crippen LogP contribution in [-0.2, 0) is 4.74 Å². The minimum absolute atomic E-state index is 0.321. The molecular weight excluding hydrogens is 324 g/mol.